The number of hydrogen-bond donors (Lipinski definition) is 3. The highest BCUT2D eigenvalue weighted by Gasteiger charge is 2.12. The Kier molecular flexibility index (Phi) is 8.72. The maximum absolute atomic E-state index is 13.0. The van der Waals surface area contributed by atoms with Gasteiger partial charge in [0.15, 0.2) is 5.11 Å². The molecule has 3 N–H and O–H groups in total. The summed E-state index contributed by atoms with van der Waals surface area (Å²) in [5.74, 6) is -0.108. The van der Waals surface area contributed by atoms with E-state index in [-0.39, 0.29) is 22.7 Å². The number of hydrogen-bond acceptors (Lipinski definition) is 4. The van der Waals surface area contributed by atoms with Crippen LogP contribution < -0.4 is 20.7 Å². The van der Waals surface area contributed by atoms with Crippen LogP contribution in [0.4, 0.5) is 15.8 Å². The first-order valence-corrected chi connectivity index (χ1v) is 11.6. The van der Waals surface area contributed by atoms with Gasteiger partial charge in [-0.05, 0) is 94.7 Å². The van der Waals surface area contributed by atoms with Crippen LogP contribution in [0.1, 0.15) is 34.6 Å². The molecule has 0 spiro atoms. The summed E-state index contributed by atoms with van der Waals surface area (Å²) in [5, 5.41) is 8.30. The van der Waals surface area contributed by atoms with E-state index in [0.29, 0.717) is 45.2 Å². The summed E-state index contributed by atoms with van der Waals surface area (Å²) in [6, 6.07) is 17.1. The van der Waals surface area contributed by atoms with E-state index in [1.54, 1.807) is 42.5 Å². The fourth-order valence-corrected chi connectivity index (χ4v) is 3.53. The number of nitrogens with one attached hydrogen (secondary N) is 3. The average molecular weight is 544 g/mol. The lowest BCUT2D eigenvalue weighted by atomic mass is 10.2. The maximum Gasteiger partial charge on any atom is 0.257 e. The molecule has 2 amide bonds. The van der Waals surface area contributed by atoms with Crippen LogP contribution in [0.25, 0.3) is 0 Å². The van der Waals surface area contributed by atoms with Crippen molar-refractivity contribution in [2.24, 2.45) is 5.92 Å². The first kappa shape index (κ1) is 25.3. The van der Waals surface area contributed by atoms with Gasteiger partial charge in [0, 0.05) is 22.5 Å². The van der Waals surface area contributed by atoms with Gasteiger partial charge in [-0.1, -0.05) is 19.9 Å². The molecule has 0 atom stereocenters. The Bertz CT molecular complexity index is 1200. The summed E-state index contributed by atoms with van der Waals surface area (Å²) in [5.41, 5.74) is 1.76. The lowest BCUT2D eigenvalue weighted by Crippen LogP contribution is -2.34. The van der Waals surface area contributed by atoms with Crippen molar-refractivity contribution in [3.8, 4) is 5.75 Å². The topological polar surface area (TPSA) is 79.5 Å². The number of amides is 2. The molecule has 0 radical (unpaired) electrons. The van der Waals surface area contributed by atoms with E-state index in [4.69, 9.17) is 17.0 Å². The Morgan fingerprint density at radius 2 is 1.65 bits per heavy atom. The standard InChI is InChI=1S/C25H23BrFN3O3S/c1-15(2)14-33-22-11-6-17(13-21(22)26)24(32)30-25(34)29-20-5-3-4-16(12-20)23(31)28-19-9-7-18(27)8-10-19/h3-13,15H,14H2,1-2H3,(H,28,31)(H2,29,30,32,34). The van der Waals surface area contributed by atoms with Gasteiger partial charge in [0.05, 0.1) is 11.1 Å². The predicted octanol–water partition coefficient (Wildman–Crippen LogP) is 6.00. The molecule has 0 heterocycles. The molecule has 0 bridgehead atoms. The van der Waals surface area contributed by atoms with Crippen LogP contribution in [0.15, 0.2) is 71.2 Å². The van der Waals surface area contributed by atoms with Crippen LogP contribution in [0.2, 0.25) is 0 Å². The quantitative estimate of drug-likeness (QED) is 0.318. The number of halogens is 2. The SMILES string of the molecule is CC(C)COc1ccc(C(=O)NC(=S)Nc2cccc(C(=O)Nc3ccc(F)cc3)c2)cc1Br. The number of benzene rings is 3. The van der Waals surface area contributed by atoms with Crippen LogP contribution in [0, 0.1) is 11.7 Å². The minimum absolute atomic E-state index is 0.0809. The van der Waals surface area contributed by atoms with Crippen LogP contribution in [0.3, 0.4) is 0 Å². The van der Waals surface area contributed by atoms with Crippen molar-refractivity contribution < 1.29 is 18.7 Å². The smallest absolute Gasteiger partial charge is 0.257 e. The van der Waals surface area contributed by atoms with Crippen molar-refractivity contribution in [1.29, 1.82) is 0 Å². The van der Waals surface area contributed by atoms with Gasteiger partial charge in [-0.2, -0.15) is 0 Å². The van der Waals surface area contributed by atoms with Gasteiger partial charge >= 0.3 is 0 Å². The predicted molar refractivity (Wildman–Crippen MR) is 139 cm³/mol. The van der Waals surface area contributed by atoms with Gasteiger partial charge in [-0.25, -0.2) is 4.39 Å². The Hall–Kier alpha value is -3.30. The van der Waals surface area contributed by atoms with E-state index in [9.17, 15) is 14.0 Å². The van der Waals surface area contributed by atoms with Gasteiger partial charge < -0.3 is 15.4 Å². The van der Waals surface area contributed by atoms with Gasteiger partial charge in [0.25, 0.3) is 11.8 Å². The van der Waals surface area contributed by atoms with Crippen molar-refractivity contribution >= 4 is 56.4 Å². The molecular formula is C25H23BrFN3O3S. The summed E-state index contributed by atoms with van der Waals surface area (Å²) in [4.78, 5) is 25.1. The van der Waals surface area contributed by atoms with E-state index in [2.05, 4.69) is 45.7 Å². The molecule has 176 valence electrons. The maximum atomic E-state index is 13.0. The lowest BCUT2D eigenvalue weighted by molar-refractivity contribution is 0.0976. The van der Waals surface area contributed by atoms with Crippen molar-refractivity contribution in [3.05, 3.63) is 88.1 Å². The van der Waals surface area contributed by atoms with E-state index >= 15 is 0 Å². The zero-order valence-corrected chi connectivity index (χ0v) is 20.9. The van der Waals surface area contributed by atoms with Crippen molar-refractivity contribution in [2.75, 3.05) is 17.2 Å². The number of carbonyl (C=O) groups excluding carboxylic acids is 2. The lowest BCUT2D eigenvalue weighted by Gasteiger charge is -2.13. The molecule has 0 unspecified atom stereocenters. The molecule has 0 aromatic heterocycles. The average Bonchev–Trinajstić information content (AvgIpc) is 2.79. The molecule has 3 aromatic carbocycles. The molecule has 34 heavy (non-hydrogen) atoms. The molecule has 0 saturated carbocycles. The Balaban J connectivity index is 1.59. The van der Waals surface area contributed by atoms with Gasteiger partial charge in [-0.15, -0.1) is 0 Å². The molecule has 3 rings (SSSR count). The van der Waals surface area contributed by atoms with Crippen LogP contribution in [-0.4, -0.2) is 23.5 Å². The monoisotopic (exact) mass is 543 g/mol. The minimum Gasteiger partial charge on any atom is -0.492 e. The second-order valence-corrected chi connectivity index (χ2v) is 9.06. The van der Waals surface area contributed by atoms with Crippen molar-refractivity contribution in [2.45, 2.75) is 13.8 Å². The second-order valence-electron chi connectivity index (χ2n) is 7.80. The molecule has 0 aliphatic heterocycles. The van der Waals surface area contributed by atoms with E-state index in [1.165, 1.54) is 24.3 Å². The van der Waals surface area contributed by atoms with Gasteiger partial charge in [0.1, 0.15) is 11.6 Å². The zero-order valence-electron chi connectivity index (χ0n) is 18.5. The summed E-state index contributed by atoms with van der Waals surface area (Å²) < 4.78 is 19.4. The fraction of sp³-hybridized carbons (Fsp3) is 0.160. The van der Waals surface area contributed by atoms with E-state index in [0.717, 1.165) is 0 Å². The largest absolute Gasteiger partial charge is 0.492 e. The van der Waals surface area contributed by atoms with Gasteiger partial charge in [0.2, 0.25) is 0 Å². The zero-order chi connectivity index (χ0) is 24.7. The number of rotatable bonds is 7. The highest BCUT2D eigenvalue weighted by Crippen LogP contribution is 2.26. The molecule has 6 nitrogen and oxygen atoms in total. The molecular weight excluding hydrogens is 521 g/mol. The Labute approximate surface area is 211 Å². The minimum atomic E-state index is -0.390. The molecule has 3 aromatic rings. The van der Waals surface area contributed by atoms with Crippen LogP contribution >= 0.6 is 28.1 Å². The van der Waals surface area contributed by atoms with Crippen molar-refractivity contribution in [1.82, 2.24) is 5.32 Å². The Morgan fingerprint density at radius 1 is 0.941 bits per heavy atom. The number of anilines is 2. The summed E-state index contributed by atoms with van der Waals surface area (Å²) in [6.45, 7) is 4.67. The molecule has 9 heteroatoms. The molecule has 0 aliphatic rings. The fourth-order valence-electron chi connectivity index (χ4n) is 2.83. The van der Waals surface area contributed by atoms with E-state index in [1.807, 2.05) is 0 Å². The summed E-state index contributed by atoms with van der Waals surface area (Å²) in [6.07, 6.45) is 0. The van der Waals surface area contributed by atoms with Crippen LogP contribution in [0.5, 0.6) is 5.75 Å². The molecule has 0 fully saturated rings. The normalized spacial score (nSPS) is 10.5. The molecule has 0 aliphatic carbocycles. The summed E-state index contributed by atoms with van der Waals surface area (Å²) >= 11 is 8.68. The number of ether oxygens (including phenoxy) is 1. The third-order valence-electron chi connectivity index (χ3n) is 4.48. The number of thiocarbonyl (C=S) groups is 1. The number of carbonyl (C=O) groups is 2. The first-order valence-electron chi connectivity index (χ1n) is 10.4. The highest BCUT2D eigenvalue weighted by atomic mass is 79.9. The third-order valence-corrected chi connectivity index (χ3v) is 5.30. The van der Waals surface area contributed by atoms with Gasteiger partial charge in [-0.3, -0.25) is 14.9 Å². The summed E-state index contributed by atoms with van der Waals surface area (Å²) in [7, 11) is 0. The molecule has 0 saturated heterocycles. The first-order chi connectivity index (χ1) is 16.2. The van der Waals surface area contributed by atoms with Crippen LogP contribution in [-0.2, 0) is 0 Å². The second kappa shape index (κ2) is 11.7. The Morgan fingerprint density at radius 3 is 2.32 bits per heavy atom. The van der Waals surface area contributed by atoms with Crippen molar-refractivity contribution in [3.63, 3.8) is 0 Å². The van der Waals surface area contributed by atoms with E-state index < -0.39 is 0 Å². The third kappa shape index (κ3) is 7.36. The highest BCUT2D eigenvalue weighted by molar-refractivity contribution is 9.10.